The highest BCUT2D eigenvalue weighted by Gasteiger charge is 2.15. The summed E-state index contributed by atoms with van der Waals surface area (Å²) in [5, 5.41) is 4.60. The van der Waals surface area contributed by atoms with Gasteiger partial charge in [0.15, 0.2) is 6.61 Å². The molecule has 1 amide bonds. The van der Waals surface area contributed by atoms with Gasteiger partial charge in [-0.05, 0) is 53.9 Å². The number of hydrogen-bond acceptors (Lipinski definition) is 5. The van der Waals surface area contributed by atoms with Crippen molar-refractivity contribution < 1.29 is 22.7 Å². The Morgan fingerprint density at radius 1 is 0.848 bits per heavy atom. The SMILES string of the molecule is COc1ccc(NS(=O)(=O)c2cccc(NC(=O)COc3cccc4ccccc34)c2)cc1. The van der Waals surface area contributed by atoms with E-state index in [2.05, 4.69) is 10.0 Å². The van der Waals surface area contributed by atoms with Gasteiger partial charge in [0.05, 0.1) is 12.0 Å². The van der Waals surface area contributed by atoms with Crippen LogP contribution in [0.1, 0.15) is 0 Å². The minimum absolute atomic E-state index is 0.0195. The number of fused-ring (bicyclic) bond motifs is 1. The van der Waals surface area contributed by atoms with E-state index in [9.17, 15) is 13.2 Å². The molecule has 2 N–H and O–H groups in total. The maximum atomic E-state index is 12.7. The lowest BCUT2D eigenvalue weighted by Gasteiger charge is -2.12. The van der Waals surface area contributed by atoms with Crippen molar-refractivity contribution in [3.8, 4) is 11.5 Å². The summed E-state index contributed by atoms with van der Waals surface area (Å²) >= 11 is 0. The van der Waals surface area contributed by atoms with Crippen LogP contribution in [0.25, 0.3) is 10.8 Å². The van der Waals surface area contributed by atoms with E-state index < -0.39 is 15.9 Å². The van der Waals surface area contributed by atoms with Crippen LogP contribution in [0.2, 0.25) is 0 Å². The fourth-order valence-corrected chi connectivity index (χ4v) is 4.38. The Morgan fingerprint density at radius 3 is 2.36 bits per heavy atom. The second-order valence-corrected chi connectivity index (χ2v) is 8.86. The van der Waals surface area contributed by atoms with Gasteiger partial charge in [-0.2, -0.15) is 0 Å². The van der Waals surface area contributed by atoms with Gasteiger partial charge in [-0.15, -0.1) is 0 Å². The molecule has 8 heteroatoms. The van der Waals surface area contributed by atoms with E-state index in [0.29, 0.717) is 22.9 Å². The Hall–Kier alpha value is -4.04. The van der Waals surface area contributed by atoms with Gasteiger partial charge in [-0.3, -0.25) is 9.52 Å². The maximum Gasteiger partial charge on any atom is 0.262 e. The van der Waals surface area contributed by atoms with Gasteiger partial charge in [-0.1, -0.05) is 42.5 Å². The highest BCUT2D eigenvalue weighted by Crippen LogP contribution is 2.25. The van der Waals surface area contributed by atoms with Gasteiger partial charge in [0.25, 0.3) is 15.9 Å². The topological polar surface area (TPSA) is 93.7 Å². The summed E-state index contributed by atoms with van der Waals surface area (Å²) in [5.41, 5.74) is 0.743. The van der Waals surface area contributed by atoms with Crippen molar-refractivity contribution in [1.29, 1.82) is 0 Å². The van der Waals surface area contributed by atoms with Gasteiger partial charge in [-0.25, -0.2) is 8.42 Å². The largest absolute Gasteiger partial charge is 0.497 e. The summed E-state index contributed by atoms with van der Waals surface area (Å²) in [6, 6.07) is 25.9. The minimum atomic E-state index is -3.84. The predicted octanol–water partition coefficient (Wildman–Crippen LogP) is 4.67. The van der Waals surface area contributed by atoms with Crippen molar-refractivity contribution >= 4 is 38.1 Å². The molecule has 0 saturated heterocycles. The summed E-state index contributed by atoms with van der Waals surface area (Å²) in [6.45, 7) is -0.213. The van der Waals surface area contributed by atoms with Gasteiger partial charge in [0.1, 0.15) is 11.5 Å². The molecule has 4 aromatic carbocycles. The molecule has 33 heavy (non-hydrogen) atoms. The Balaban J connectivity index is 1.42. The smallest absolute Gasteiger partial charge is 0.262 e. The van der Waals surface area contributed by atoms with Crippen molar-refractivity contribution in [2.75, 3.05) is 23.8 Å². The number of sulfonamides is 1. The van der Waals surface area contributed by atoms with Crippen LogP contribution in [0.3, 0.4) is 0 Å². The number of anilines is 2. The third kappa shape index (κ3) is 5.42. The van der Waals surface area contributed by atoms with Gasteiger partial charge in [0.2, 0.25) is 0 Å². The average Bonchev–Trinajstić information content (AvgIpc) is 2.83. The van der Waals surface area contributed by atoms with Crippen molar-refractivity contribution in [2.45, 2.75) is 4.90 Å². The molecule has 0 aliphatic carbocycles. The first-order valence-electron chi connectivity index (χ1n) is 10.1. The Labute approximate surface area is 192 Å². The number of carbonyl (C=O) groups excluding carboxylic acids is 1. The summed E-state index contributed by atoms with van der Waals surface area (Å²) in [7, 11) is -2.31. The molecule has 0 aliphatic heterocycles. The molecule has 7 nitrogen and oxygen atoms in total. The maximum absolute atomic E-state index is 12.7. The van der Waals surface area contributed by atoms with Crippen molar-refractivity contribution in [3.05, 3.63) is 91.0 Å². The molecule has 0 atom stereocenters. The zero-order valence-corrected chi connectivity index (χ0v) is 18.6. The summed E-state index contributed by atoms with van der Waals surface area (Å²) in [4.78, 5) is 12.4. The molecule has 0 fully saturated rings. The Kier molecular flexibility index (Phi) is 6.46. The average molecular weight is 463 g/mol. The van der Waals surface area contributed by atoms with Crippen molar-refractivity contribution in [1.82, 2.24) is 0 Å². The lowest BCUT2D eigenvalue weighted by atomic mass is 10.1. The highest BCUT2D eigenvalue weighted by molar-refractivity contribution is 7.92. The lowest BCUT2D eigenvalue weighted by Crippen LogP contribution is -2.20. The first-order chi connectivity index (χ1) is 15.9. The molecule has 0 unspecified atom stereocenters. The monoisotopic (exact) mass is 462 g/mol. The molecule has 4 aromatic rings. The van der Waals surface area contributed by atoms with Crippen LogP contribution >= 0.6 is 0 Å². The first-order valence-corrected chi connectivity index (χ1v) is 11.6. The summed E-state index contributed by atoms with van der Waals surface area (Å²) in [6.07, 6.45) is 0. The fraction of sp³-hybridized carbons (Fsp3) is 0.0800. The number of methoxy groups -OCH3 is 1. The van der Waals surface area contributed by atoms with E-state index in [1.165, 1.54) is 19.2 Å². The normalized spacial score (nSPS) is 11.1. The highest BCUT2D eigenvalue weighted by atomic mass is 32.2. The summed E-state index contributed by atoms with van der Waals surface area (Å²) in [5.74, 6) is 0.817. The second kappa shape index (κ2) is 9.62. The molecule has 0 heterocycles. The molecule has 0 aromatic heterocycles. The van der Waals surface area contributed by atoms with Crippen molar-refractivity contribution in [2.24, 2.45) is 0 Å². The first kappa shape index (κ1) is 22.2. The number of amides is 1. The molecule has 0 radical (unpaired) electrons. The quantitative estimate of drug-likeness (QED) is 0.397. The second-order valence-electron chi connectivity index (χ2n) is 7.18. The van der Waals surface area contributed by atoms with E-state index in [0.717, 1.165) is 10.8 Å². The molecule has 0 spiro atoms. The van der Waals surface area contributed by atoms with E-state index in [-0.39, 0.29) is 11.5 Å². The molecule has 4 rings (SSSR count). The number of nitrogens with one attached hydrogen (secondary N) is 2. The van der Waals surface area contributed by atoms with E-state index in [4.69, 9.17) is 9.47 Å². The molecule has 0 aliphatic rings. The van der Waals surface area contributed by atoms with Crippen LogP contribution in [0.4, 0.5) is 11.4 Å². The third-order valence-corrected chi connectivity index (χ3v) is 6.26. The Morgan fingerprint density at radius 2 is 1.58 bits per heavy atom. The van der Waals surface area contributed by atoms with Crippen LogP contribution in [0.5, 0.6) is 11.5 Å². The van der Waals surface area contributed by atoms with Gasteiger partial charge < -0.3 is 14.8 Å². The van der Waals surface area contributed by atoms with E-state index >= 15 is 0 Å². The molecular formula is C25H22N2O5S. The van der Waals surface area contributed by atoms with Crippen LogP contribution in [0, 0.1) is 0 Å². The minimum Gasteiger partial charge on any atom is -0.497 e. The number of benzene rings is 4. The molecule has 0 bridgehead atoms. The van der Waals surface area contributed by atoms with Gasteiger partial charge >= 0.3 is 0 Å². The molecule has 168 valence electrons. The van der Waals surface area contributed by atoms with E-state index in [1.807, 2.05) is 36.4 Å². The van der Waals surface area contributed by atoms with Crippen LogP contribution in [-0.4, -0.2) is 28.0 Å². The standard InChI is InChI=1S/C25H22N2O5S/c1-31-21-14-12-19(13-15-21)27-33(29,30)22-9-5-8-20(16-22)26-25(28)17-32-24-11-4-7-18-6-2-3-10-23(18)24/h2-16,27H,17H2,1H3,(H,26,28). The number of ether oxygens (including phenoxy) is 2. The number of carbonyl (C=O) groups is 1. The van der Waals surface area contributed by atoms with Crippen LogP contribution in [-0.2, 0) is 14.8 Å². The third-order valence-electron chi connectivity index (χ3n) is 4.88. The fourth-order valence-electron chi connectivity index (χ4n) is 3.28. The van der Waals surface area contributed by atoms with Crippen LogP contribution < -0.4 is 19.5 Å². The predicted molar refractivity (Wildman–Crippen MR) is 128 cm³/mol. The zero-order chi connectivity index (χ0) is 23.3. The van der Waals surface area contributed by atoms with Crippen LogP contribution in [0.15, 0.2) is 95.9 Å². The lowest BCUT2D eigenvalue weighted by molar-refractivity contribution is -0.118. The zero-order valence-electron chi connectivity index (χ0n) is 17.8. The molecular weight excluding hydrogens is 440 g/mol. The van der Waals surface area contributed by atoms with E-state index in [1.54, 1.807) is 42.5 Å². The van der Waals surface area contributed by atoms with Gasteiger partial charge in [0, 0.05) is 16.8 Å². The summed E-state index contributed by atoms with van der Waals surface area (Å²) < 4.78 is 38.8. The number of hydrogen-bond donors (Lipinski definition) is 2. The number of rotatable bonds is 8. The Bertz CT molecular complexity index is 1380. The van der Waals surface area contributed by atoms with Crippen molar-refractivity contribution in [3.63, 3.8) is 0 Å². The molecule has 0 saturated carbocycles.